The third kappa shape index (κ3) is 18.6. The van der Waals surface area contributed by atoms with Crippen LogP contribution in [0.1, 0.15) is 136 Å². The van der Waals surface area contributed by atoms with Crippen molar-refractivity contribution in [3.8, 4) is 0 Å². The molecule has 0 aromatic carbocycles. The standard InChI is InChI=1S/C24H52NO3P/c1-4-7-10-13-16-19-22-25(23-20-17-14-11-8-5-2)29(26,27)28-24-21-18-15-12-9-6-3/h4-24H2,1-3H3,(H,26,27). The van der Waals surface area contributed by atoms with E-state index in [1.165, 1.54) is 77.0 Å². The molecule has 1 N–H and O–H groups in total. The van der Waals surface area contributed by atoms with E-state index < -0.39 is 7.75 Å². The Bertz CT molecular complexity index is 363. The summed E-state index contributed by atoms with van der Waals surface area (Å²) in [6.07, 6.45) is 21.3. The molecule has 0 rings (SSSR count). The molecule has 176 valence electrons. The molecule has 0 aliphatic rings. The van der Waals surface area contributed by atoms with Crippen molar-refractivity contribution in [3.05, 3.63) is 0 Å². The second kappa shape index (κ2) is 21.3. The summed E-state index contributed by atoms with van der Waals surface area (Å²) in [4.78, 5) is 10.6. The van der Waals surface area contributed by atoms with E-state index in [2.05, 4.69) is 20.8 Å². The zero-order valence-corrected chi connectivity index (χ0v) is 20.9. The summed E-state index contributed by atoms with van der Waals surface area (Å²) in [7, 11) is -3.65. The van der Waals surface area contributed by atoms with Gasteiger partial charge in [-0.3, -0.25) is 4.52 Å². The van der Waals surface area contributed by atoms with Crippen LogP contribution in [0.3, 0.4) is 0 Å². The highest BCUT2D eigenvalue weighted by molar-refractivity contribution is 7.50. The van der Waals surface area contributed by atoms with Crippen molar-refractivity contribution in [2.24, 2.45) is 0 Å². The lowest BCUT2D eigenvalue weighted by molar-refractivity contribution is 0.194. The Kier molecular flexibility index (Phi) is 21.4. The SMILES string of the molecule is CCCCCCCCOP(=O)(O)N(CCCCCCCC)CCCCCCCC. The van der Waals surface area contributed by atoms with Gasteiger partial charge in [-0.15, -0.1) is 0 Å². The van der Waals surface area contributed by atoms with Gasteiger partial charge in [0, 0.05) is 13.1 Å². The molecule has 0 amide bonds. The molecule has 0 fully saturated rings. The molecule has 0 heterocycles. The van der Waals surface area contributed by atoms with Crippen molar-refractivity contribution in [1.29, 1.82) is 0 Å². The van der Waals surface area contributed by atoms with Crippen LogP contribution < -0.4 is 0 Å². The highest BCUT2D eigenvalue weighted by Crippen LogP contribution is 2.46. The molecule has 1 atom stereocenters. The number of nitrogens with zero attached hydrogens (tertiary/aromatic N) is 1. The van der Waals surface area contributed by atoms with Gasteiger partial charge in [-0.25, -0.2) is 9.24 Å². The lowest BCUT2D eigenvalue weighted by Gasteiger charge is -2.26. The third-order valence-corrected chi connectivity index (χ3v) is 7.29. The Labute approximate surface area is 182 Å². The first-order chi connectivity index (χ1) is 14.1. The average molecular weight is 434 g/mol. The molecular formula is C24H52NO3P. The molecule has 0 aromatic rings. The smallest absolute Gasteiger partial charge is 0.312 e. The van der Waals surface area contributed by atoms with Crippen molar-refractivity contribution >= 4 is 7.75 Å². The van der Waals surface area contributed by atoms with Crippen molar-refractivity contribution in [2.45, 2.75) is 136 Å². The van der Waals surface area contributed by atoms with Crippen LogP contribution in [0.25, 0.3) is 0 Å². The minimum absolute atomic E-state index is 0.406. The minimum atomic E-state index is -3.65. The van der Waals surface area contributed by atoms with E-state index in [9.17, 15) is 9.46 Å². The number of hydrogen-bond acceptors (Lipinski definition) is 2. The molecule has 4 nitrogen and oxygen atoms in total. The largest absolute Gasteiger partial charge is 0.405 e. The van der Waals surface area contributed by atoms with Crippen LogP contribution in [0.2, 0.25) is 0 Å². The van der Waals surface area contributed by atoms with E-state index in [0.717, 1.165) is 38.5 Å². The molecule has 1 unspecified atom stereocenters. The first-order valence-electron chi connectivity index (χ1n) is 12.8. The van der Waals surface area contributed by atoms with E-state index in [-0.39, 0.29) is 0 Å². The van der Waals surface area contributed by atoms with Crippen LogP contribution in [0.15, 0.2) is 0 Å². The summed E-state index contributed by atoms with van der Waals surface area (Å²) in [5.41, 5.74) is 0. The van der Waals surface area contributed by atoms with Gasteiger partial charge in [0.15, 0.2) is 0 Å². The van der Waals surface area contributed by atoms with E-state index in [4.69, 9.17) is 4.52 Å². The first kappa shape index (κ1) is 29.1. The van der Waals surface area contributed by atoms with Gasteiger partial charge in [0.1, 0.15) is 0 Å². The van der Waals surface area contributed by atoms with Crippen LogP contribution in [-0.2, 0) is 9.09 Å². The maximum atomic E-state index is 12.8. The first-order valence-corrected chi connectivity index (χ1v) is 14.3. The van der Waals surface area contributed by atoms with Crippen LogP contribution in [0.5, 0.6) is 0 Å². The lowest BCUT2D eigenvalue weighted by atomic mass is 10.1. The highest BCUT2D eigenvalue weighted by atomic mass is 31.2. The predicted molar refractivity (Wildman–Crippen MR) is 127 cm³/mol. The van der Waals surface area contributed by atoms with Gasteiger partial charge in [-0.2, -0.15) is 0 Å². The van der Waals surface area contributed by atoms with Crippen LogP contribution in [0.4, 0.5) is 0 Å². The van der Waals surface area contributed by atoms with Gasteiger partial charge in [-0.1, -0.05) is 117 Å². The van der Waals surface area contributed by atoms with Crippen molar-refractivity contribution in [2.75, 3.05) is 19.7 Å². The Morgan fingerprint density at radius 3 is 1.34 bits per heavy atom. The summed E-state index contributed by atoms with van der Waals surface area (Å²) in [5.74, 6) is 0. The Morgan fingerprint density at radius 1 is 0.586 bits per heavy atom. The molecule has 0 bridgehead atoms. The summed E-state index contributed by atoms with van der Waals surface area (Å²) in [5, 5.41) is 0. The second-order valence-corrected chi connectivity index (χ2v) is 10.4. The summed E-state index contributed by atoms with van der Waals surface area (Å²) >= 11 is 0. The maximum Gasteiger partial charge on any atom is 0.405 e. The fourth-order valence-electron chi connectivity index (χ4n) is 3.66. The number of hydrogen-bond donors (Lipinski definition) is 1. The quantitative estimate of drug-likeness (QED) is 0.130. The molecule has 0 saturated carbocycles. The number of rotatable bonds is 23. The normalized spacial score (nSPS) is 13.8. The van der Waals surface area contributed by atoms with Crippen molar-refractivity contribution in [1.82, 2.24) is 4.67 Å². The predicted octanol–water partition coefficient (Wildman–Crippen LogP) is 8.49. The topological polar surface area (TPSA) is 49.8 Å². The van der Waals surface area contributed by atoms with Crippen molar-refractivity contribution in [3.63, 3.8) is 0 Å². The van der Waals surface area contributed by atoms with Gasteiger partial charge in [-0.05, 0) is 19.3 Å². The van der Waals surface area contributed by atoms with Crippen LogP contribution >= 0.6 is 7.75 Å². The van der Waals surface area contributed by atoms with Gasteiger partial charge in [0.05, 0.1) is 6.61 Å². The highest BCUT2D eigenvalue weighted by Gasteiger charge is 2.28. The molecule has 5 heteroatoms. The van der Waals surface area contributed by atoms with Crippen LogP contribution in [-0.4, -0.2) is 29.3 Å². The van der Waals surface area contributed by atoms with Gasteiger partial charge >= 0.3 is 7.75 Å². The molecule has 0 aromatic heterocycles. The molecule has 0 aliphatic carbocycles. The van der Waals surface area contributed by atoms with Crippen LogP contribution in [0, 0.1) is 0 Å². The maximum absolute atomic E-state index is 12.8. The fraction of sp³-hybridized carbons (Fsp3) is 1.00. The average Bonchev–Trinajstić information content (AvgIpc) is 2.70. The molecular weight excluding hydrogens is 381 g/mol. The van der Waals surface area contributed by atoms with E-state index in [1.807, 2.05) is 0 Å². The zero-order valence-electron chi connectivity index (χ0n) is 20.0. The van der Waals surface area contributed by atoms with Gasteiger partial charge < -0.3 is 4.89 Å². The van der Waals surface area contributed by atoms with Gasteiger partial charge in [0.2, 0.25) is 0 Å². The zero-order chi connectivity index (χ0) is 21.6. The molecule has 0 saturated heterocycles. The fourth-order valence-corrected chi connectivity index (χ4v) is 4.98. The lowest BCUT2D eigenvalue weighted by Crippen LogP contribution is -2.24. The summed E-state index contributed by atoms with van der Waals surface area (Å²) in [6, 6.07) is 0. The van der Waals surface area contributed by atoms with E-state index in [0.29, 0.717) is 19.7 Å². The minimum Gasteiger partial charge on any atom is -0.312 e. The second-order valence-electron chi connectivity index (χ2n) is 8.58. The van der Waals surface area contributed by atoms with E-state index in [1.54, 1.807) is 4.67 Å². The summed E-state index contributed by atoms with van der Waals surface area (Å²) in [6.45, 7) is 8.45. The van der Waals surface area contributed by atoms with Gasteiger partial charge in [0.25, 0.3) is 0 Å². The third-order valence-electron chi connectivity index (χ3n) is 5.65. The Balaban J connectivity index is 4.25. The monoisotopic (exact) mass is 433 g/mol. The molecule has 0 spiro atoms. The Morgan fingerprint density at radius 2 is 0.931 bits per heavy atom. The van der Waals surface area contributed by atoms with Crippen molar-refractivity contribution < 1.29 is 14.0 Å². The molecule has 0 aliphatic heterocycles. The summed E-state index contributed by atoms with van der Waals surface area (Å²) < 4.78 is 20.1. The van der Waals surface area contributed by atoms with E-state index >= 15 is 0 Å². The molecule has 29 heavy (non-hydrogen) atoms. The number of unbranched alkanes of at least 4 members (excludes halogenated alkanes) is 15. The molecule has 0 radical (unpaired) electrons. The Hall–Kier alpha value is 0.110.